The largest absolute Gasteiger partial charge is 0.481 e. The number of aryl methyl sites for hydroxylation is 1. The maximum atomic E-state index is 10.5. The Hall–Kier alpha value is -1.68. The van der Waals surface area contributed by atoms with Crippen molar-refractivity contribution in [1.82, 2.24) is 4.98 Å². The number of aliphatic carboxylic acids is 1. The van der Waals surface area contributed by atoms with Gasteiger partial charge in [-0.2, -0.15) is 0 Å². The van der Waals surface area contributed by atoms with E-state index in [4.69, 9.17) is 5.11 Å². The molecule has 0 aliphatic rings. The highest BCUT2D eigenvalue weighted by atomic mass is 32.1. The Kier molecular flexibility index (Phi) is 3.01. The van der Waals surface area contributed by atoms with Crippen LogP contribution in [0.3, 0.4) is 0 Å². The predicted octanol–water partition coefficient (Wildman–Crippen LogP) is 2.75. The van der Waals surface area contributed by atoms with Gasteiger partial charge in [-0.1, -0.05) is 23.8 Å². The first kappa shape index (κ1) is 10.8. The molecule has 4 heteroatoms. The molecule has 0 saturated carbocycles. The van der Waals surface area contributed by atoms with E-state index < -0.39 is 5.97 Å². The van der Waals surface area contributed by atoms with Gasteiger partial charge in [0.25, 0.3) is 0 Å². The third-order valence-electron chi connectivity index (χ3n) is 2.15. The van der Waals surface area contributed by atoms with Crippen LogP contribution in [-0.4, -0.2) is 16.1 Å². The van der Waals surface area contributed by atoms with Crippen molar-refractivity contribution in [3.8, 4) is 10.6 Å². The maximum Gasteiger partial charge on any atom is 0.309 e. The van der Waals surface area contributed by atoms with Gasteiger partial charge in [-0.05, 0) is 13.0 Å². The van der Waals surface area contributed by atoms with Crippen molar-refractivity contribution < 1.29 is 9.90 Å². The van der Waals surface area contributed by atoms with Crippen molar-refractivity contribution in [1.29, 1.82) is 0 Å². The number of hydrogen-bond donors (Lipinski definition) is 1. The molecule has 0 atom stereocenters. The van der Waals surface area contributed by atoms with Crippen LogP contribution >= 0.6 is 11.3 Å². The molecule has 0 bridgehead atoms. The molecule has 1 aromatic carbocycles. The van der Waals surface area contributed by atoms with E-state index in [1.165, 1.54) is 16.9 Å². The summed E-state index contributed by atoms with van der Waals surface area (Å²) in [6.45, 7) is 2.02. The fourth-order valence-corrected chi connectivity index (χ4v) is 2.27. The second kappa shape index (κ2) is 4.45. The van der Waals surface area contributed by atoms with Gasteiger partial charge >= 0.3 is 5.97 Å². The number of hydrogen-bond acceptors (Lipinski definition) is 3. The summed E-state index contributed by atoms with van der Waals surface area (Å²) in [5.41, 5.74) is 2.84. The normalized spacial score (nSPS) is 10.3. The first-order chi connectivity index (χ1) is 7.65. The smallest absolute Gasteiger partial charge is 0.309 e. The van der Waals surface area contributed by atoms with Crippen molar-refractivity contribution >= 4 is 17.3 Å². The number of benzene rings is 1. The Morgan fingerprint density at radius 3 is 3.00 bits per heavy atom. The molecule has 16 heavy (non-hydrogen) atoms. The van der Waals surface area contributed by atoms with Gasteiger partial charge in [0.1, 0.15) is 5.01 Å². The average Bonchev–Trinajstić information content (AvgIpc) is 2.65. The van der Waals surface area contributed by atoms with Crippen LogP contribution in [-0.2, 0) is 11.2 Å². The van der Waals surface area contributed by atoms with Gasteiger partial charge in [0.2, 0.25) is 0 Å². The number of carboxylic acids is 1. The Morgan fingerprint density at radius 1 is 1.50 bits per heavy atom. The monoisotopic (exact) mass is 233 g/mol. The van der Waals surface area contributed by atoms with Crippen molar-refractivity contribution in [3.05, 3.63) is 40.9 Å². The lowest BCUT2D eigenvalue weighted by Gasteiger charge is -1.97. The van der Waals surface area contributed by atoms with Gasteiger partial charge in [0.15, 0.2) is 0 Å². The molecule has 0 unspecified atom stereocenters. The molecule has 0 spiro atoms. The summed E-state index contributed by atoms with van der Waals surface area (Å²) < 4.78 is 0. The van der Waals surface area contributed by atoms with Crippen molar-refractivity contribution in [2.45, 2.75) is 13.3 Å². The second-order valence-corrected chi connectivity index (χ2v) is 4.44. The van der Waals surface area contributed by atoms with E-state index in [0.29, 0.717) is 5.69 Å². The minimum Gasteiger partial charge on any atom is -0.481 e. The zero-order chi connectivity index (χ0) is 11.5. The summed E-state index contributed by atoms with van der Waals surface area (Å²) in [4.78, 5) is 14.8. The van der Waals surface area contributed by atoms with Crippen molar-refractivity contribution in [3.63, 3.8) is 0 Å². The molecule has 0 fully saturated rings. The fraction of sp³-hybridized carbons (Fsp3) is 0.167. The van der Waals surface area contributed by atoms with Crippen molar-refractivity contribution in [2.24, 2.45) is 0 Å². The van der Waals surface area contributed by atoms with Crippen LogP contribution in [0.15, 0.2) is 29.6 Å². The van der Waals surface area contributed by atoms with E-state index >= 15 is 0 Å². The van der Waals surface area contributed by atoms with E-state index in [0.717, 1.165) is 10.6 Å². The molecule has 2 rings (SSSR count). The molecule has 2 aromatic rings. The fourth-order valence-electron chi connectivity index (χ4n) is 1.45. The molecule has 1 heterocycles. The zero-order valence-corrected chi connectivity index (χ0v) is 9.62. The highest BCUT2D eigenvalue weighted by Gasteiger charge is 2.07. The summed E-state index contributed by atoms with van der Waals surface area (Å²) in [6.07, 6.45) is -0.0116. The van der Waals surface area contributed by atoms with Crippen LogP contribution in [0.2, 0.25) is 0 Å². The first-order valence-electron chi connectivity index (χ1n) is 4.88. The SMILES string of the molecule is Cc1cccc(-c2nc(CC(=O)O)cs2)c1. The summed E-state index contributed by atoms with van der Waals surface area (Å²) in [5.74, 6) is -0.846. The highest BCUT2D eigenvalue weighted by molar-refractivity contribution is 7.13. The molecule has 82 valence electrons. The summed E-state index contributed by atoms with van der Waals surface area (Å²) in [7, 11) is 0. The summed E-state index contributed by atoms with van der Waals surface area (Å²) in [5, 5.41) is 11.3. The number of rotatable bonds is 3. The third kappa shape index (κ3) is 2.46. The topological polar surface area (TPSA) is 50.2 Å². The quantitative estimate of drug-likeness (QED) is 0.886. The third-order valence-corrected chi connectivity index (χ3v) is 3.09. The lowest BCUT2D eigenvalue weighted by molar-refractivity contribution is -0.136. The van der Waals surface area contributed by atoms with E-state index in [2.05, 4.69) is 4.98 Å². The molecule has 0 aliphatic heterocycles. The molecule has 0 saturated heterocycles. The Labute approximate surface area is 97.4 Å². The molecule has 0 aliphatic carbocycles. The lowest BCUT2D eigenvalue weighted by Crippen LogP contribution is -1.99. The average molecular weight is 233 g/mol. The van der Waals surface area contributed by atoms with Crippen LogP contribution in [0.25, 0.3) is 10.6 Å². The van der Waals surface area contributed by atoms with Crippen molar-refractivity contribution in [2.75, 3.05) is 0 Å². The zero-order valence-electron chi connectivity index (χ0n) is 8.80. The Bertz CT molecular complexity index is 519. The maximum absolute atomic E-state index is 10.5. The van der Waals surface area contributed by atoms with Gasteiger partial charge in [0.05, 0.1) is 12.1 Å². The van der Waals surface area contributed by atoms with E-state index in [1.54, 1.807) is 5.38 Å². The molecular weight excluding hydrogens is 222 g/mol. The lowest BCUT2D eigenvalue weighted by atomic mass is 10.1. The van der Waals surface area contributed by atoms with Gasteiger partial charge < -0.3 is 5.11 Å². The van der Waals surface area contributed by atoms with Crippen LogP contribution in [0, 0.1) is 6.92 Å². The van der Waals surface area contributed by atoms with Crippen LogP contribution in [0.1, 0.15) is 11.3 Å². The number of carboxylic acid groups (broad SMARTS) is 1. The second-order valence-electron chi connectivity index (χ2n) is 3.58. The van der Waals surface area contributed by atoms with Gasteiger partial charge in [-0.25, -0.2) is 4.98 Å². The molecule has 0 amide bonds. The van der Waals surface area contributed by atoms with E-state index in [9.17, 15) is 4.79 Å². The Balaban J connectivity index is 2.28. The number of aromatic nitrogens is 1. The summed E-state index contributed by atoms with van der Waals surface area (Å²) >= 11 is 1.48. The number of nitrogens with zero attached hydrogens (tertiary/aromatic N) is 1. The minimum atomic E-state index is -0.846. The van der Waals surface area contributed by atoms with E-state index in [1.807, 2.05) is 31.2 Å². The minimum absolute atomic E-state index is 0.0116. The summed E-state index contributed by atoms with van der Waals surface area (Å²) in [6, 6.07) is 8.03. The molecule has 1 N–H and O–H groups in total. The standard InChI is InChI=1S/C12H11NO2S/c1-8-3-2-4-9(5-8)12-13-10(7-16-12)6-11(14)15/h2-5,7H,6H2,1H3,(H,14,15). The Morgan fingerprint density at radius 2 is 2.31 bits per heavy atom. The van der Waals surface area contributed by atoms with Gasteiger partial charge in [0, 0.05) is 10.9 Å². The highest BCUT2D eigenvalue weighted by Crippen LogP contribution is 2.24. The van der Waals surface area contributed by atoms with Gasteiger partial charge in [-0.15, -0.1) is 11.3 Å². The predicted molar refractivity (Wildman–Crippen MR) is 63.6 cm³/mol. The van der Waals surface area contributed by atoms with Crippen LogP contribution in [0.5, 0.6) is 0 Å². The molecule has 0 radical (unpaired) electrons. The van der Waals surface area contributed by atoms with Gasteiger partial charge in [-0.3, -0.25) is 4.79 Å². The number of carbonyl (C=O) groups is 1. The van der Waals surface area contributed by atoms with E-state index in [-0.39, 0.29) is 6.42 Å². The molecular formula is C12H11NO2S. The van der Waals surface area contributed by atoms with Crippen LogP contribution in [0.4, 0.5) is 0 Å². The molecule has 1 aromatic heterocycles. The first-order valence-corrected chi connectivity index (χ1v) is 5.76. The van der Waals surface area contributed by atoms with Crippen LogP contribution < -0.4 is 0 Å². The molecule has 3 nitrogen and oxygen atoms in total. The number of thiazole rings is 1.